The molecule has 1 aliphatic rings. The van der Waals surface area contributed by atoms with Crippen LogP contribution in [0.5, 0.6) is 0 Å². The number of amides is 1. The molecule has 39 heavy (non-hydrogen) atoms. The molecular formula is C30H33N7OS. The van der Waals surface area contributed by atoms with Crippen LogP contribution in [0, 0.1) is 11.8 Å². The van der Waals surface area contributed by atoms with Crippen LogP contribution in [0.1, 0.15) is 89.0 Å². The molecule has 0 atom stereocenters. The Morgan fingerprint density at radius 3 is 2.85 bits per heavy atom. The van der Waals surface area contributed by atoms with Gasteiger partial charge in [-0.05, 0) is 73.9 Å². The molecule has 0 radical (unpaired) electrons. The molecule has 3 aromatic heterocycles. The van der Waals surface area contributed by atoms with Crippen LogP contribution in [-0.2, 0) is 19.4 Å². The number of aromatic amines is 1. The van der Waals surface area contributed by atoms with Crippen LogP contribution >= 0.6 is 11.3 Å². The molecule has 0 saturated heterocycles. The van der Waals surface area contributed by atoms with E-state index in [1.165, 1.54) is 19.3 Å². The molecule has 0 spiro atoms. The second kappa shape index (κ2) is 12.2. The first kappa shape index (κ1) is 26.6. The summed E-state index contributed by atoms with van der Waals surface area (Å²) in [7, 11) is 0. The highest BCUT2D eigenvalue weighted by atomic mass is 32.1. The summed E-state index contributed by atoms with van der Waals surface area (Å²) in [5, 5.41) is 19.5. The van der Waals surface area contributed by atoms with Crippen LogP contribution in [0.15, 0.2) is 30.9 Å². The maximum Gasteiger partial charge on any atom is 0.251 e. The van der Waals surface area contributed by atoms with Crippen LogP contribution in [-0.4, -0.2) is 42.1 Å². The van der Waals surface area contributed by atoms with Gasteiger partial charge in [0.2, 0.25) is 0 Å². The average molecular weight is 540 g/mol. The van der Waals surface area contributed by atoms with Crippen LogP contribution in [0.2, 0.25) is 0 Å². The highest BCUT2D eigenvalue weighted by molar-refractivity contribution is 7.13. The largest absolute Gasteiger partial charge is 0.349 e. The number of nitrogens with one attached hydrogen (secondary N) is 2. The number of benzene rings is 1. The summed E-state index contributed by atoms with van der Waals surface area (Å²) < 4.78 is 2.20. The molecular weight excluding hydrogens is 506 g/mol. The molecule has 2 N–H and O–H groups in total. The van der Waals surface area contributed by atoms with Crippen LogP contribution in [0.3, 0.4) is 0 Å². The summed E-state index contributed by atoms with van der Waals surface area (Å²) in [6, 6.07) is 6.24. The minimum absolute atomic E-state index is 0.00529. The second-order valence-corrected chi connectivity index (χ2v) is 10.7. The number of hydrogen-bond acceptors (Lipinski definition) is 6. The van der Waals surface area contributed by atoms with Gasteiger partial charge in [0.05, 0.1) is 16.3 Å². The van der Waals surface area contributed by atoms with Gasteiger partial charge in [0.25, 0.3) is 5.91 Å². The summed E-state index contributed by atoms with van der Waals surface area (Å²) in [5.74, 6) is 7.37. The summed E-state index contributed by atoms with van der Waals surface area (Å²) >= 11 is 1.55. The highest BCUT2D eigenvalue weighted by Gasteiger charge is 2.20. The molecule has 0 aliphatic heterocycles. The monoisotopic (exact) mass is 539 g/mol. The van der Waals surface area contributed by atoms with Gasteiger partial charge in [0.15, 0.2) is 10.8 Å². The van der Waals surface area contributed by atoms with Crippen molar-refractivity contribution in [3.05, 3.63) is 69.1 Å². The average Bonchev–Trinajstić information content (AvgIpc) is 3.68. The number of carbonyl (C=O) groups is 1. The number of aryl methyl sites for hydroxylation is 3. The minimum atomic E-state index is -0.00529. The van der Waals surface area contributed by atoms with Crippen molar-refractivity contribution in [2.45, 2.75) is 71.4 Å². The lowest BCUT2D eigenvalue weighted by atomic mass is 9.95. The number of hydrogen-bond donors (Lipinski definition) is 2. The standard InChI is InChI=1S/C30H33N7OS/c1-4-10-27-24(6-3)32-29(39-27)16-15-25-22(5-2)23-19-20(30(38)31-21-11-8-7-9-12-21)13-14-26(23)37(25)18-17-28-33-35-36-34-28/h4,6,10,13-14,19,21H,3,5,7-9,11-12,17-18H2,1-2H3,(H,31,38)(H,33,34,35,36)/b10-4-. The lowest BCUT2D eigenvalue weighted by Crippen LogP contribution is -2.36. The Morgan fingerprint density at radius 1 is 1.28 bits per heavy atom. The Balaban J connectivity index is 1.55. The van der Waals surface area contributed by atoms with Gasteiger partial charge in [0.1, 0.15) is 0 Å². The van der Waals surface area contributed by atoms with E-state index in [-0.39, 0.29) is 11.9 Å². The SMILES string of the molecule is C=Cc1nc(C#Cc2c(CC)c3cc(C(=O)NC4CCCCC4)ccc3n2CCc2nn[nH]n2)sc1/C=C\C. The van der Waals surface area contributed by atoms with Gasteiger partial charge in [-0.3, -0.25) is 4.79 Å². The van der Waals surface area contributed by atoms with E-state index in [4.69, 9.17) is 0 Å². The second-order valence-electron chi connectivity index (χ2n) is 9.67. The van der Waals surface area contributed by atoms with Gasteiger partial charge in [-0.2, -0.15) is 5.21 Å². The van der Waals surface area contributed by atoms with Crippen molar-refractivity contribution in [1.29, 1.82) is 0 Å². The third-order valence-electron chi connectivity index (χ3n) is 7.15. The van der Waals surface area contributed by atoms with Gasteiger partial charge in [0, 0.05) is 35.5 Å². The zero-order valence-corrected chi connectivity index (χ0v) is 23.3. The van der Waals surface area contributed by atoms with E-state index < -0.39 is 0 Å². The third kappa shape index (κ3) is 5.86. The fraction of sp³-hybridized carbons (Fsp3) is 0.367. The van der Waals surface area contributed by atoms with Crippen molar-refractivity contribution >= 4 is 40.3 Å². The van der Waals surface area contributed by atoms with E-state index in [0.717, 1.165) is 57.0 Å². The Morgan fingerprint density at radius 2 is 2.13 bits per heavy atom. The molecule has 8 nitrogen and oxygen atoms in total. The Bertz CT molecular complexity index is 1560. The zero-order valence-electron chi connectivity index (χ0n) is 22.5. The smallest absolute Gasteiger partial charge is 0.251 e. The normalized spacial score (nSPS) is 14.0. The van der Waals surface area contributed by atoms with Crippen molar-refractivity contribution in [1.82, 2.24) is 35.5 Å². The number of carbonyl (C=O) groups excluding carboxylic acids is 1. The van der Waals surface area contributed by atoms with Crippen LogP contribution < -0.4 is 5.32 Å². The topological polar surface area (TPSA) is 101 Å². The molecule has 5 rings (SSSR count). The number of aromatic nitrogens is 6. The maximum atomic E-state index is 13.2. The lowest BCUT2D eigenvalue weighted by Gasteiger charge is -2.22. The molecule has 1 amide bonds. The zero-order chi connectivity index (χ0) is 27.2. The quantitative estimate of drug-likeness (QED) is 0.286. The molecule has 0 bridgehead atoms. The van der Waals surface area contributed by atoms with E-state index in [0.29, 0.717) is 24.4 Å². The number of rotatable bonds is 8. The number of nitrogens with zero attached hydrogens (tertiary/aromatic N) is 5. The number of fused-ring (bicyclic) bond motifs is 1. The van der Waals surface area contributed by atoms with Crippen LogP contribution in [0.25, 0.3) is 23.1 Å². The number of tetrazole rings is 1. The van der Waals surface area contributed by atoms with Crippen LogP contribution in [0.4, 0.5) is 0 Å². The molecule has 9 heteroatoms. The van der Waals surface area contributed by atoms with Gasteiger partial charge >= 0.3 is 0 Å². The molecule has 200 valence electrons. The molecule has 1 aliphatic carbocycles. The predicted octanol–water partition coefficient (Wildman–Crippen LogP) is 5.55. The number of allylic oxidation sites excluding steroid dienone is 1. The predicted molar refractivity (Wildman–Crippen MR) is 156 cm³/mol. The third-order valence-corrected chi connectivity index (χ3v) is 8.10. The van der Waals surface area contributed by atoms with Gasteiger partial charge in [-0.25, -0.2) is 4.98 Å². The van der Waals surface area contributed by atoms with Gasteiger partial charge in [-0.1, -0.05) is 44.1 Å². The first-order valence-corrected chi connectivity index (χ1v) is 14.4. The van der Waals surface area contributed by atoms with Crippen molar-refractivity contribution in [2.24, 2.45) is 0 Å². The molecule has 0 unspecified atom stereocenters. The molecule has 1 saturated carbocycles. The summed E-state index contributed by atoms with van der Waals surface area (Å²) in [5.41, 5.74) is 4.60. The molecule has 1 fully saturated rings. The number of H-pyrrole nitrogens is 1. The van der Waals surface area contributed by atoms with Crippen molar-refractivity contribution in [2.75, 3.05) is 0 Å². The van der Waals surface area contributed by atoms with E-state index in [1.54, 1.807) is 17.4 Å². The summed E-state index contributed by atoms with van der Waals surface area (Å²) in [6.07, 6.45) is 12.9. The fourth-order valence-electron chi connectivity index (χ4n) is 5.24. The highest BCUT2D eigenvalue weighted by Crippen LogP contribution is 2.29. The van der Waals surface area contributed by atoms with Crippen molar-refractivity contribution in [3.63, 3.8) is 0 Å². The van der Waals surface area contributed by atoms with Gasteiger partial charge in [-0.15, -0.1) is 21.5 Å². The summed E-state index contributed by atoms with van der Waals surface area (Å²) in [6.45, 7) is 8.63. The molecule has 1 aromatic carbocycles. The number of thiazole rings is 1. The fourth-order valence-corrected chi connectivity index (χ4v) is 6.13. The molecule has 4 aromatic rings. The summed E-state index contributed by atoms with van der Waals surface area (Å²) in [4.78, 5) is 18.9. The van der Waals surface area contributed by atoms with E-state index in [1.807, 2.05) is 37.3 Å². The lowest BCUT2D eigenvalue weighted by molar-refractivity contribution is 0.0928. The van der Waals surface area contributed by atoms with E-state index >= 15 is 0 Å². The first-order valence-electron chi connectivity index (χ1n) is 13.6. The first-order chi connectivity index (χ1) is 19.1. The Labute approximate surface area is 232 Å². The van der Waals surface area contributed by atoms with E-state index in [2.05, 4.69) is 60.8 Å². The van der Waals surface area contributed by atoms with Crippen molar-refractivity contribution in [3.8, 4) is 11.8 Å². The minimum Gasteiger partial charge on any atom is -0.349 e. The maximum absolute atomic E-state index is 13.2. The van der Waals surface area contributed by atoms with E-state index in [9.17, 15) is 4.79 Å². The Hall–Kier alpha value is -4.03. The van der Waals surface area contributed by atoms with Crippen molar-refractivity contribution < 1.29 is 4.79 Å². The Kier molecular flexibility index (Phi) is 8.33. The molecule has 3 heterocycles. The van der Waals surface area contributed by atoms with Gasteiger partial charge < -0.3 is 9.88 Å².